The zero-order valence-corrected chi connectivity index (χ0v) is 23.6. The first kappa shape index (κ1) is 26.8. The molecule has 0 saturated carbocycles. The molecule has 4 rings (SSSR count). The molecule has 3 nitrogen and oxygen atoms in total. The molecule has 0 bridgehead atoms. The number of pyridine rings is 1. The second kappa shape index (κ2) is 10.9. The van der Waals surface area contributed by atoms with Gasteiger partial charge < -0.3 is 5.32 Å². The Morgan fingerprint density at radius 3 is 2.26 bits per heavy atom. The van der Waals surface area contributed by atoms with Gasteiger partial charge in [0, 0.05) is 16.5 Å². The minimum atomic E-state index is -0.169. The molecule has 0 atom stereocenters. The number of benzene rings is 3. The summed E-state index contributed by atoms with van der Waals surface area (Å²) in [4.78, 5) is 10.2. The minimum Gasteiger partial charge on any atom is -0.679 e. The third-order valence-electron chi connectivity index (χ3n) is 5.52. The van der Waals surface area contributed by atoms with Crippen molar-refractivity contribution in [2.24, 2.45) is 10.4 Å². The van der Waals surface area contributed by atoms with Crippen LogP contribution in [0.1, 0.15) is 52.8 Å². The molecule has 1 heterocycles. The van der Waals surface area contributed by atoms with Gasteiger partial charge in [-0.3, -0.25) is 9.98 Å². The molecule has 0 aliphatic heterocycles. The molecular formula is C31H33N3Pt. The predicted molar refractivity (Wildman–Crippen MR) is 145 cm³/mol. The van der Waals surface area contributed by atoms with Crippen LogP contribution in [0.25, 0.3) is 27.3 Å². The summed E-state index contributed by atoms with van der Waals surface area (Å²) in [7, 11) is 0. The van der Waals surface area contributed by atoms with Gasteiger partial charge in [0.2, 0.25) is 0 Å². The van der Waals surface area contributed by atoms with Crippen LogP contribution >= 0.6 is 0 Å². The van der Waals surface area contributed by atoms with E-state index in [4.69, 9.17) is 15.3 Å². The molecule has 0 unspecified atom stereocenters. The van der Waals surface area contributed by atoms with E-state index in [1.54, 1.807) is 0 Å². The quantitative estimate of drug-likeness (QED) is 0.159. The van der Waals surface area contributed by atoms with Crippen LogP contribution in [0.3, 0.4) is 0 Å². The number of aromatic nitrogens is 1. The van der Waals surface area contributed by atoms with Crippen molar-refractivity contribution in [1.29, 1.82) is 0 Å². The van der Waals surface area contributed by atoms with Crippen LogP contribution in [0.15, 0.2) is 83.9 Å². The van der Waals surface area contributed by atoms with Crippen LogP contribution in [0.2, 0.25) is 0 Å². The average molecular weight is 643 g/mol. The maximum absolute atomic E-state index is 5.20. The monoisotopic (exact) mass is 642 g/mol. The molecule has 0 aliphatic carbocycles. The number of aliphatic imine (C=N–C) groups is 1. The molecular weight excluding hydrogens is 609 g/mol. The summed E-state index contributed by atoms with van der Waals surface area (Å²) < 4.78 is 0. The van der Waals surface area contributed by atoms with Gasteiger partial charge in [-0.05, 0) is 16.6 Å². The van der Waals surface area contributed by atoms with Gasteiger partial charge >= 0.3 is 21.1 Å². The Morgan fingerprint density at radius 2 is 1.57 bits per heavy atom. The second-order valence-corrected chi connectivity index (χ2v) is 10.7. The smallest absolute Gasteiger partial charge is 0.679 e. The van der Waals surface area contributed by atoms with Gasteiger partial charge in [0.05, 0.1) is 12.2 Å². The molecule has 3 aromatic carbocycles. The molecule has 4 heteroatoms. The second-order valence-electron chi connectivity index (χ2n) is 10.7. The van der Waals surface area contributed by atoms with E-state index in [0.29, 0.717) is 6.54 Å². The zero-order chi connectivity index (χ0) is 24.3. The van der Waals surface area contributed by atoms with Crippen molar-refractivity contribution in [1.82, 2.24) is 4.98 Å². The molecule has 1 aromatic heterocycles. The largest absolute Gasteiger partial charge is 2.00 e. The first-order valence-corrected chi connectivity index (χ1v) is 11.8. The first-order valence-electron chi connectivity index (χ1n) is 11.8. The van der Waals surface area contributed by atoms with Crippen LogP contribution in [0.4, 0.5) is 5.69 Å². The van der Waals surface area contributed by atoms with Crippen molar-refractivity contribution in [2.75, 3.05) is 0 Å². The molecule has 0 aliphatic rings. The molecule has 35 heavy (non-hydrogen) atoms. The van der Waals surface area contributed by atoms with Crippen LogP contribution in [-0.4, -0.2) is 16.2 Å². The molecule has 4 aromatic rings. The van der Waals surface area contributed by atoms with Crippen LogP contribution in [-0.2, 0) is 27.6 Å². The van der Waals surface area contributed by atoms with Gasteiger partial charge in [0.25, 0.3) is 0 Å². The van der Waals surface area contributed by atoms with Crippen molar-refractivity contribution in [2.45, 2.75) is 53.6 Å². The number of hydrogen-bond acceptors (Lipinski definition) is 2. The van der Waals surface area contributed by atoms with E-state index in [-0.39, 0.29) is 32.0 Å². The molecule has 0 saturated heterocycles. The summed E-state index contributed by atoms with van der Waals surface area (Å²) >= 11 is 0. The molecule has 0 N–H and O–H groups in total. The van der Waals surface area contributed by atoms with Crippen LogP contribution in [0.5, 0.6) is 0 Å². The van der Waals surface area contributed by atoms with Gasteiger partial charge in [-0.1, -0.05) is 96.1 Å². The zero-order valence-electron chi connectivity index (χ0n) is 21.4. The van der Waals surface area contributed by atoms with E-state index in [1.807, 2.05) is 24.3 Å². The van der Waals surface area contributed by atoms with Crippen LogP contribution < -0.4 is 0 Å². The molecule has 182 valence electrons. The summed E-state index contributed by atoms with van der Waals surface area (Å²) in [5.74, 6) is 0. The Balaban J connectivity index is 0.00000342. The van der Waals surface area contributed by atoms with Crippen molar-refractivity contribution in [3.8, 4) is 11.3 Å². The Labute approximate surface area is 224 Å². The summed E-state index contributed by atoms with van der Waals surface area (Å²) in [6.07, 6.45) is 0. The van der Waals surface area contributed by atoms with E-state index in [0.717, 1.165) is 44.7 Å². The summed E-state index contributed by atoms with van der Waals surface area (Å²) in [5.41, 5.74) is 5.67. The van der Waals surface area contributed by atoms with E-state index in [2.05, 4.69) is 102 Å². The molecule has 0 radical (unpaired) electrons. The molecule has 0 spiro atoms. The summed E-state index contributed by atoms with van der Waals surface area (Å²) in [6.45, 7) is 13.5. The summed E-state index contributed by atoms with van der Waals surface area (Å²) in [6, 6.07) is 30.2. The number of nitrogens with zero attached hydrogens (tertiary/aromatic N) is 3. The fourth-order valence-electron chi connectivity index (χ4n) is 4.10. The van der Waals surface area contributed by atoms with Crippen molar-refractivity contribution >= 4 is 22.2 Å². The van der Waals surface area contributed by atoms with Crippen molar-refractivity contribution in [3.05, 3.63) is 102 Å². The van der Waals surface area contributed by atoms with Gasteiger partial charge in [-0.2, -0.15) is 0 Å². The molecule has 0 amide bonds. The normalized spacial score (nSPS) is 12.3. The van der Waals surface area contributed by atoms with E-state index >= 15 is 0 Å². The Morgan fingerprint density at radius 1 is 0.886 bits per heavy atom. The van der Waals surface area contributed by atoms with Crippen molar-refractivity contribution < 1.29 is 21.1 Å². The fraction of sp³-hybridized carbons (Fsp3) is 0.290. The van der Waals surface area contributed by atoms with Gasteiger partial charge in [-0.15, -0.1) is 47.1 Å². The standard InChI is InChI=1S/C31H33N3.Pt/c1-30(2,3)29(25-18-12-13-19-26(25)34-31(4,5)6)32-21-28-24-17-11-10-16-23(24)20-27(33-28)22-14-8-7-9-15-22;/h7-14,16-20H,21H2,1-6H3;/q-2;+2. The maximum atomic E-state index is 5.20. The first-order chi connectivity index (χ1) is 16.1. The topological polar surface area (TPSA) is 39.4 Å². The third-order valence-corrected chi connectivity index (χ3v) is 5.52. The third kappa shape index (κ3) is 6.67. The number of para-hydroxylation sites is 1. The van der Waals surface area contributed by atoms with Crippen molar-refractivity contribution in [3.63, 3.8) is 0 Å². The number of rotatable bonds is 5. The SMILES string of the molecule is CC(C)(C)[N-]c1ccccc1C(=NCc1nc(-c2[c-]cccc2)cc2ccccc12)C(C)(C)C.[Pt+2]. The average Bonchev–Trinajstić information content (AvgIpc) is 2.79. The number of hydrogen-bond donors (Lipinski definition) is 0. The minimum absolute atomic E-state index is 0. The fourth-order valence-corrected chi connectivity index (χ4v) is 4.10. The maximum Gasteiger partial charge on any atom is 2.00 e. The molecule has 0 fully saturated rings. The Hall–Kier alpha value is -2.77. The van der Waals surface area contributed by atoms with Crippen LogP contribution in [0, 0.1) is 11.5 Å². The van der Waals surface area contributed by atoms with E-state index < -0.39 is 0 Å². The Kier molecular flexibility index (Phi) is 8.33. The summed E-state index contributed by atoms with van der Waals surface area (Å²) in [5, 5.41) is 7.28. The van der Waals surface area contributed by atoms with Gasteiger partial charge in [0.15, 0.2) is 0 Å². The van der Waals surface area contributed by atoms with Gasteiger partial charge in [0.1, 0.15) is 0 Å². The van der Waals surface area contributed by atoms with Gasteiger partial charge in [-0.25, -0.2) is 0 Å². The Bertz CT molecular complexity index is 1310. The van der Waals surface area contributed by atoms with E-state index in [9.17, 15) is 0 Å². The number of fused-ring (bicyclic) bond motifs is 1. The van der Waals surface area contributed by atoms with E-state index in [1.165, 1.54) is 0 Å². The predicted octanol–water partition coefficient (Wildman–Crippen LogP) is 8.54.